The molecule has 0 spiro atoms. The highest BCUT2D eigenvalue weighted by molar-refractivity contribution is 7.91. The maximum absolute atomic E-state index is 11.2. The van der Waals surface area contributed by atoms with Crippen molar-refractivity contribution in [1.29, 1.82) is 0 Å². The van der Waals surface area contributed by atoms with Crippen LogP contribution in [0.25, 0.3) is 0 Å². The zero-order valence-corrected chi connectivity index (χ0v) is 8.45. The Hall–Kier alpha value is -1.11. The van der Waals surface area contributed by atoms with Gasteiger partial charge in [-0.05, 0) is 0 Å². The lowest BCUT2D eigenvalue weighted by atomic mass is 10.0. The fourth-order valence-corrected chi connectivity index (χ4v) is 1.79. The predicted molar refractivity (Wildman–Crippen MR) is 47.4 cm³/mol. The maximum atomic E-state index is 11.2. The van der Waals surface area contributed by atoms with Crippen LogP contribution in [0.5, 0.6) is 0 Å². The number of carbonyl (C=O) groups excluding carboxylic acids is 1. The first kappa shape index (κ1) is 11.0. The van der Waals surface area contributed by atoms with Crippen molar-refractivity contribution in [2.45, 2.75) is 0 Å². The van der Waals surface area contributed by atoms with Gasteiger partial charge in [-0.3, -0.25) is 9.59 Å². The third kappa shape index (κ3) is 2.69. The molecule has 1 fully saturated rings. The van der Waals surface area contributed by atoms with Gasteiger partial charge in [0.2, 0.25) is 5.91 Å². The molecule has 1 saturated heterocycles. The second kappa shape index (κ2) is 3.56. The highest BCUT2D eigenvalue weighted by Gasteiger charge is 2.36. The van der Waals surface area contributed by atoms with Gasteiger partial charge in [-0.1, -0.05) is 0 Å². The molecule has 1 amide bonds. The molecule has 1 aliphatic rings. The van der Waals surface area contributed by atoms with Gasteiger partial charge in [0.05, 0.1) is 5.92 Å². The van der Waals surface area contributed by atoms with Gasteiger partial charge in [0, 0.05) is 19.3 Å². The molecule has 80 valence electrons. The molecule has 1 aliphatic heterocycles. The van der Waals surface area contributed by atoms with E-state index < -0.39 is 33.4 Å². The fraction of sp³-hybridized carbons (Fsp3) is 0.714. The standard InChI is InChI=1S/C7H11NO5S/c1-14(12,13)4-6(9)8-2-5(3-8)7(10)11/h5H,2-4H2,1H3,(H,10,11). The summed E-state index contributed by atoms with van der Waals surface area (Å²) in [6.45, 7) is 0.230. The molecular formula is C7H11NO5S. The molecule has 1 rings (SSSR count). The lowest BCUT2D eigenvalue weighted by Crippen LogP contribution is -2.54. The summed E-state index contributed by atoms with van der Waals surface area (Å²) in [7, 11) is -3.32. The lowest BCUT2D eigenvalue weighted by Gasteiger charge is -2.36. The summed E-state index contributed by atoms with van der Waals surface area (Å²) in [4.78, 5) is 22.8. The normalized spacial score (nSPS) is 17.6. The van der Waals surface area contributed by atoms with Crippen molar-refractivity contribution in [3.8, 4) is 0 Å². The number of rotatable bonds is 3. The second-order valence-corrected chi connectivity index (χ2v) is 5.54. The van der Waals surface area contributed by atoms with E-state index >= 15 is 0 Å². The van der Waals surface area contributed by atoms with Gasteiger partial charge < -0.3 is 10.0 Å². The van der Waals surface area contributed by atoms with Crippen LogP contribution in [-0.2, 0) is 19.4 Å². The molecule has 1 N–H and O–H groups in total. The molecule has 7 heteroatoms. The van der Waals surface area contributed by atoms with E-state index in [4.69, 9.17) is 5.11 Å². The summed E-state index contributed by atoms with van der Waals surface area (Å²) in [6, 6.07) is 0. The van der Waals surface area contributed by atoms with Crippen molar-refractivity contribution in [3.63, 3.8) is 0 Å². The molecule has 0 bridgehead atoms. The van der Waals surface area contributed by atoms with Gasteiger partial charge in [0.15, 0.2) is 9.84 Å². The average Bonchev–Trinajstić information content (AvgIpc) is 1.75. The molecular weight excluding hydrogens is 210 g/mol. The van der Waals surface area contributed by atoms with Crippen LogP contribution in [0.4, 0.5) is 0 Å². The molecule has 14 heavy (non-hydrogen) atoms. The van der Waals surface area contributed by atoms with Crippen molar-refractivity contribution in [1.82, 2.24) is 4.90 Å². The Balaban J connectivity index is 2.41. The van der Waals surface area contributed by atoms with Crippen LogP contribution in [0.3, 0.4) is 0 Å². The van der Waals surface area contributed by atoms with E-state index in [9.17, 15) is 18.0 Å². The number of likely N-dealkylation sites (tertiary alicyclic amines) is 1. The summed E-state index contributed by atoms with van der Waals surface area (Å²) >= 11 is 0. The number of carboxylic acids is 1. The first-order valence-corrected chi connectivity index (χ1v) is 6.04. The predicted octanol–water partition coefficient (Wildman–Crippen LogP) is -1.43. The van der Waals surface area contributed by atoms with Crippen molar-refractivity contribution in [2.24, 2.45) is 5.92 Å². The van der Waals surface area contributed by atoms with Crippen molar-refractivity contribution in [3.05, 3.63) is 0 Å². The van der Waals surface area contributed by atoms with Gasteiger partial charge in [0.25, 0.3) is 0 Å². The number of amides is 1. The zero-order chi connectivity index (χ0) is 10.9. The smallest absolute Gasteiger partial charge is 0.310 e. The average molecular weight is 221 g/mol. The van der Waals surface area contributed by atoms with Gasteiger partial charge in [-0.15, -0.1) is 0 Å². The Morgan fingerprint density at radius 2 is 1.93 bits per heavy atom. The minimum atomic E-state index is -3.32. The van der Waals surface area contributed by atoms with Crippen LogP contribution in [0.2, 0.25) is 0 Å². The monoisotopic (exact) mass is 221 g/mol. The first-order chi connectivity index (χ1) is 6.29. The SMILES string of the molecule is CS(=O)(=O)CC(=O)N1CC(C(=O)O)C1. The number of aliphatic carboxylic acids is 1. The molecule has 0 aromatic rings. The van der Waals surface area contributed by atoms with Crippen LogP contribution >= 0.6 is 0 Å². The van der Waals surface area contributed by atoms with Crippen LogP contribution in [-0.4, -0.2) is 55.4 Å². The molecule has 0 radical (unpaired) electrons. The number of hydrogen-bond donors (Lipinski definition) is 1. The van der Waals surface area contributed by atoms with Gasteiger partial charge >= 0.3 is 5.97 Å². The summed E-state index contributed by atoms with van der Waals surface area (Å²) in [6.07, 6.45) is 0.972. The Bertz CT molecular complexity index is 354. The number of nitrogens with zero attached hydrogens (tertiary/aromatic N) is 1. The van der Waals surface area contributed by atoms with Crippen molar-refractivity contribution >= 4 is 21.7 Å². The minimum Gasteiger partial charge on any atom is -0.481 e. The summed E-state index contributed by atoms with van der Waals surface area (Å²) in [5.74, 6) is -2.56. The molecule has 0 saturated carbocycles. The molecule has 0 aliphatic carbocycles. The van der Waals surface area contributed by atoms with E-state index in [1.54, 1.807) is 0 Å². The largest absolute Gasteiger partial charge is 0.481 e. The lowest BCUT2D eigenvalue weighted by molar-refractivity contribution is -0.151. The maximum Gasteiger partial charge on any atom is 0.310 e. The molecule has 1 heterocycles. The van der Waals surface area contributed by atoms with E-state index in [-0.39, 0.29) is 13.1 Å². The Morgan fingerprint density at radius 1 is 1.43 bits per heavy atom. The van der Waals surface area contributed by atoms with E-state index in [0.29, 0.717) is 0 Å². The zero-order valence-electron chi connectivity index (χ0n) is 7.63. The number of hydrogen-bond acceptors (Lipinski definition) is 4. The summed E-state index contributed by atoms with van der Waals surface area (Å²) < 4.78 is 21.5. The van der Waals surface area contributed by atoms with Crippen LogP contribution in [0, 0.1) is 5.92 Å². The molecule has 0 aromatic carbocycles. The first-order valence-electron chi connectivity index (χ1n) is 3.98. The summed E-state index contributed by atoms with van der Waals surface area (Å²) in [5, 5.41) is 8.51. The van der Waals surface area contributed by atoms with E-state index in [2.05, 4.69) is 0 Å². The molecule has 0 aromatic heterocycles. The second-order valence-electron chi connectivity index (χ2n) is 3.40. The highest BCUT2D eigenvalue weighted by Crippen LogP contribution is 2.15. The van der Waals surface area contributed by atoms with Crippen molar-refractivity contribution in [2.75, 3.05) is 25.1 Å². The van der Waals surface area contributed by atoms with Gasteiger partial charge in [0.1, 0.15) is 5.75 Å². The minimum absolute atomic E-state index is 0.115. The van der Waals surface area contributed by atoms with Crippen LogP contribution in [0.1, 0.15) is 0 Å². The third-order valence-electron chi connectivity index (χ3n) is 1.97. The van der Waals surface area contributed by atoms with Crippen molar-refractivity contribution < 1.29 is 23.1 Å². The number of carboxylic acid groups (broad SMARTS) is 1. The Morgan fingerprint density at radius 3 is 2.29 bits per heavy atom. The quantitative estimate of drug-likeness (QED) is 0.631. The van der Waals surface area contributed by atoms with E-state index in [1.807, 2.05) is 0 Å². The number of carbonyl (C=O) groups is 2. The topological polar surface area (TPSA) is 91.8 Å². The van der Waals surface area contributed by atoms with Crippen LogP contribution < -0.4 is 0 Å². The van der Waals surface area contributed by atoms with E-state index in [0.717, 1.165) is 6.26 Å². The Labute approximate surface area is 81.4 Å². The molecule has 0 unspecified atom stereocenters. The van der Waals surface area contributed by atoms with Gasteiger partial charge in [-0.2, -0.15) is 0 Å². The highest BCUT2D eigenvalue weighted by atomic mass is 32.2. The van der Waals surface area contributed by atoms with E-state index in [1.165, 1.54) is 4.90 Å². The third-order valence-corrected chi connectivity index (χ3v) is 2.74. The molecule has 6 nitrogen and oxygen atoms in total. The Kier molecular flexibility index (Phi) is 2.79. The summed E-state index contributed by atoms with van der Waals surface area (Å²) in [5.41, 5.74) is 0. The van der Waals surface area contributed by atoms with Gasteiger partial charge in [-0.25, -0.2) is 8.42 Å². The number of sulfone groups is 1. The van der Waals surface area contributed by atoms with Crippen LogP contribution in [0.15, 0.2) is 0 Å². The fourth-order valence-electron chi connectivity index (χ4n) is 1.15. The molecule has 0 atom stereocenters.